The largest absolute Gasteiger partial charge is 0.495 e. The fraction of sp³-hybridized carbons (Fsp3) is 0.238. The molecule has 2 rings (SSSR count). The topological polar surface area (TPSA) is 58.6 Å². The van der Waals surface area contributed by atoms with E-state index in [1.54, 1.807) is 42.5 Å². The zero-order chi connectivity index (χ0) is 20.5. The summed E-state index contributed by atoms with van der Waals surface area (Å²) in [6.45, 7) is 2.30. The summed E-state index contributed by atoms with van der Waals surface area (Å²) in [6, 6.07) is 12.2. The summed E-state index contributed by atoms with van der Waals surface area (Å²) in [5, 5.41) is 3.68. The van der Waals surface area contributed by atoms with Crippen molar-refractivity contribution < 1.29 is 14.3 Å². The predicted molar refractivity (Wildman–Crippen MR) is 114 cm³/mol. The number of halogens is 2. The Hall–Kier alpha value is -2.50. The fourth-order valence-corrected chi connectivity index (χ4v) is 3.10. The second kappa shape index (κ2) is 10.7. The van der Waals surface area contributed by atoms with Crippen LogP contribution in [0, 0.1) is 0 Å². The van der Waals surface area contributed by atoms with Gasteiger partial charge in [-0.05, 0) is 36.8 Å². The minimum atomic E-state index is -0.310. The molecule has 0 radical (unpaired) electrons. The summed E-state index contributed by atoms with van der Waals surface area (Å²) in [5.74, 6) is -0.0547. The number of rotatable bonds is 8. The van der Waals surface area contributed by atoms with Crippen molar-refractivity contribution in [3.05, 3.63) is 64.1 Å². The zero-order valence-corrected chi connectivity index (χ0v) is 17.3. The number of nitrogens with zero attached hydrogens (tertiary/aromatic N) is 1. The SMILES string of the molecule is CCCN(CC(=O)Nc1ccccc1OC)C(=O)/C=C/c1c(Cl)cccc1Cl. The van der Waals surface area contributed by atoms with Gasteiger partial charge in [0.15, 0.2) is 0 Å². The highest BCUT2D eigenvalue weighted by Gasteiger charge is 2.16. The lowest BCUT2D eigenvalue weighted by molar-refractivity contribution is -0.130. The van der Waals surface area contributed by atoms with Crippen molar-refractivity contribution in [2.75, 3.05) is 25.5 Å². The van der Waals surface area contributed by atoms with Crippen molar-refractivity contribution in [3.63, 3.8) is 0 Å². The van der Waals surface area contributed by atoms with Crippen LogP contribution in [0.1, 0.15) is 18.9 Å². The zero-order valence-electron chi connectivity index (χ0n) is 15.7. The summed E-state index contributed by atoms with van der Waals surface area (Å²) >= 11 is 12.2. The van der Waals surface area contributed by atoms with Gasteiger partial charge >= 0.3 is 0 Å². The number of hydrogen-bond acceptors (Lipinski definition) is 3. The van der Waals surface area contributed by atoms with E-state index < -0.39 is 0 Å². The maximum Gasteiger partial charge on any atom is 0.247 e. The summed E-state index contributed by atoms with van der Waals surface area (Å²) in [7, 11) is 1.53. The van der Waals surface area contributed by atoms with Crippen molar-refractivity contribution in [2.24, 2.45) is 0 Å². The number of carbonyl (C=O) groups is 2. The average molecular weight is 421 g/mol. The molecule has 7 heteroatoms. The molecular formula is C21H22Cl2N2O3. The third kappa shape index (κ3) is 6.01. The summed E-state index contributed by atoms with van der Waals surface area (Å²) in [5.41, 5.74) is 1.12. The normalized spacial score (nSPS) is 10.7. The van der Waals surface area contributed by atoms with Gasteiger partial charge in [0.1, 0.15) is 12.3 Å². The van der Waals surface area contributed by atoms with Crippen LogP contribution in [0.4, 0.5) is 5.69 Å². The molecular weight excluding hydrogens is 399 g/mol. The molecule has 0 unspecified atom stereocenters. The summed E-state index contributed by atoms with van der Waals surface area (Å²) in [4.78, 5) is 26.5. The third-order valence-electron chi connectivity index (χ3n) is 3.91. The van der Waals surface area contributed by atoms with Crippen molar-refractivity contribution in [3.8, 4) is 5.75 Å². The number of para-hydroxylation sites is 2. The molecule has 0 aromatic heterocycles. The van der Waals surface area contributed by atoms with Crippen LogP contribution in [-0.4, -0.2) is 36.9 Å². The van der Waals surface area contributed by atoms with Crippen LogP contribution < -0.4 is 10.1 Å². The molecule has 2 aromatic rings. The van der Waals surface area contributed by atoms with Crippen molar-refractivity contribution in [1.82, 2.24) is 4.90 Å². The van der Waals surface area contributed by atoms with E-state index in [4.69, 9.17) is 27.9 Å². The van der Waals surface area contributed by atoms with E-state index in [-0.39, 0.29) is 18.4 Å². The molecule has 0 heterocycles. The second-order valence-electron chi connectivity index (χ2n) is 5.98. The van der Waals surface area contributed by atoms with Crippen LogP contribution >= 0.6 is 23.2 Å². The van der Waals surface area contributed by atoms with Gasteiger partial charge in [0, 0.05) is 28.2 Å². The van der Waals surface area contributed by atoms with E-state index in [0.717, 1.165) is 0 Å². The first-order valence-corrected chi connectivity index (χ1v) is 9.55. The number of ether oxygens (including phenoxy) is 1. The molecule has 0 spiro atoms. The second-order valence-corrected chi connectivity index (χ2v) is 6.79. The van der Waals surface area contributed by atoms with E-state index >= 15 is 0 Å². The molecule has 1 N–H and O–H groups in total. The van der Waals surface area contributed by atoms with E-state index in [1.807, 2.05) is 13.0 Å². The van der Waals surface area contributed by atoms with Gasteiger partial charge in [-0.15, -0.1) is 0 Å². The number of carbonyl (C=O) groups excluding carboxylic acids is 2. The highest BCUT2D eigenvalue weighted by atomic mass is 35.5. The average Bonchev–Trinajstić information content (AvgIpc) is 2.67. The molecule has 0 saturated carbocycles. The van der Waals surface area contributed by atoms with Gasteiger partial charge < -0.3 is 15.0 Å². The molecule has 2 aromatic carbocycles. The minimum absolute atomic E-state index is 0.0781. The smallest absolute Gasteiger partial charge is 0.247 e. The molecule has 2 amide bonds. The van der Waals surface area contributed by atoms with E-state index in [1.165, 1.54) is 18.1 Å². The molecule has 0 aliphatic carbocycles. The molecule has 0 fully saturated rings. The lowest BCUT2D eigenvalue weighted by atomic mass is 10.2. The Morgan fingerprint density at radius 2 is 1.79 bits per heavy atom. The Labute approximate surface area is 174 Å². The summed E-state index contributed by atoms with van der Waals surface area (Å²) in [6.07, 6.45) is 3.65. The Bertz CT molecular complexity index is 848. The standard InChI is InChI=1S/C21H22Cl2N2O3/c1-3-13-25(14-20(26)24-18-9-4-5-10-19(18)28-2)21(27)12-11-15-16(22)7-6-8-17(15)23/h4-12H,3,13-14H2,1-2H3,(H,24,26)/b12-11+. The quantitative estimate of drug-likeness (QED) is 0.618. The molecule has 0 bridgehead atoms. The van der Waals surface area contributed by atoms with Crippen molar-refractivity contribution >= 4 is 46.8 Å². The Morgan fingerprint density at radius 1 is 1.11 bits per heavy atom. The maximum absolute atomic E-state index is 12.6. The number of benzene rings is 2. The highest BCUT2D eigenvalue weighted by molar-refractivity contribution is 6.37. The van der Waals surface area contributed by atoms with Crippen LogP contribution in [-0.2, 0) is 9.59 Å². The van der Waals surface area contributed by atoms with Gasteiger partial charge in [-0.2, -0.15) is 0 Å². The van der Waals surface area contributed by atoms with Gasteiger partial charge in [0.2, 0.25) is 11.8 Å². The van der Waals surface area contributed by atoms with E-state index in [0.29, 0.717) is 40.0 Å². The Morgan fingerprint density at radius 3 is 2.43 bits per heavy atom. The van der Waals surface area contributed by atoms with Crippen molar-refractivity contribution in [1.29, 1.82) is 0 Å². The Balaban J connectivity index is 2.08. The number of nitrogens with one attached hydrogen (secondary N) is 1. The van der Waals surface area contributed by atoms with Crippen LogP contribution in [0.3, 0.4) is 0 Å². The molecule has 0 saturated heterocycles. The van der Waals surface area contributed by atoms with Crippen LogP contribution in [0.25, 0.3) is 6.08 Å². The first kappa shape index (κ1) is 21.8. The maximum atomic E-state index is 12.6. The molecule has 0 atom stereocenters. The molecule has 5 nitrogen and oxygen atoms in total. The minimum Gasteiger partial charge on any atom is -0.495 e. The van der Waals surface area contributed by atoms with Crippen LogP contribution in [0.2, 0.25) is 10.0 Å². The lowest BCUT2D eigenvalue weighted by Gasteiger charge is -2.20. The number of methoxy groups -OCH3 is 1. The molecule has 0 aliphatic heterocycles. The van der Waals surface area contributed by atoms with Gasteiger partial charge in [-0.1, -0.05) is 48.3 Å². The van der Waals surface area contributed by atoms with Gasteiger partial charge in [0.05, 0.1) is 12.8 Å². The van der Waals surface area contributed by atoms with Gasteiger partial charge in [-0.25, -0.2) is 0 Å². The first-order valence-electron chi connectivity index (χ1n) is 8.80. The number of hydrogen-bond donors (Lipinski definition) is 1. The van der Waals surface area contributed by atoms with E-state index in [9.17, 15) is 9.59 Å². The summed E-state index contributed by atoms with van der Waals surface area (Å²) < 4.78 is 5.22. The van der Waals surface area contributed by atoms with Crippen molar-refractivity contribution in [2.45, 2.75) is 13.3 Å². The number of amides is 2. The first-order chi connectivity index (χ1) is 13.5. The highest BCUT2D eigenvalue weighted by Crippen LogP contribution is 2.25. The van der Waals surface area contributed by atoms with Gasteiger partial charge in [-0.3, -0.25) is 9.59 Å². The van der Waals surface area contributed by atoms with Crippen LogP contribution in [0.15, 0.2) is 48.5 Å². The lowest BCUT2D eigenvalue weighted by Crippen LogP contribution is -2.37. The number of anilines is 1. The molecule has 28 heavy (non-hydrogen) atoms. The monoisotopic (exact) mass is 420 g/mol. The van der Waals surface area contributed by atoms with Crippen LogP contribution in [0.5, 0.6) is 5.75 Å². The van der Waals surface area contributed by atoms with E-state index in [2.05, 4.69) is 5.32 Å². The Kier molecular flexibility index (Phi) is 8.36. The molecule has 0 aliphatic rings. The third-order valence-corrected chi connectivity index (χ3v) is 4.57. The fourth-order valence-electron chi connectivity index (χ4n) is 2.58. The molecule has 148 valence electrons. The predicted octanol–water partition coefficient (Wildman–Crippen LogP) is 4.89. The van der Waals surface area contributed by atoms with Gasteiger partial charge in [0.25, 0.3) is 0 Å².